The van der Waals surface area contributed by atoms with Crippen LogP contribution in [0.1, 0.15) is 49.5 Å². The SMILES string of the molecule is COC12C(=O)C3=C(O)c4c(ccc(C5CC(O)C(O)C(C)O5)c4O)C(C)(OC)C3CC1C(O)C(=O)C(C(N)=O)=C2O. The molecule has 3 aliphatic carbocycles. The van der Waals surface area contributed by atoms with Crippen LogP contribution in [0.5, 0.6) is 5.75 Å². The average molecular weight is 576 g/mol. The van der Waals surface area contributed by atoms with Gasteiger partial charge in [0.1, 0.15) is 35.0 Å². The average Bonchev–Trinajstić information content (AvgIpc) is 2.92. The van der Waals surface area contributed by atoms with Crippen LogP contribution >= 0.6 is 0 Å². The van der Waals surface area contributed by atoms with E-state index in [1.807, 2.05) is 0 Å². The maximum absolute atomic E-state index is 14.3. The molecule has 4 aliphatic rings. The highest BCUT2D eigenvalue weighted by molar-refractivity contribution is 6.24. The Labute approximate surface area is 234 Å². The van der Waals surface area contributed by atoms with E-state index in [0.717, 1.165) is 7.11 Å². The quantitative estimate of drug-likeness (QED) is 0.234. The maximum atomic E-state index is 14.3. The van der Waals surface area contributed by atoms with Crippen molar-refractivity contribution in [1.82, 2.24) is 0 Å². The van der Waals surface area contributed by atoms with E-state index in [9.17, 15) is 45.0 Å². The number of hydrogen-bond acceptors (Lipinski definition) is 12. The Morgan fingerprint density at radius 3 is 2.29 bits per heavy atom. The molecular weight excluding hydrogens is 542 g/mol. The Bertz CT molecular complexity index is 1400. The van der Waals surface area contributed by atoms with Gasteiger partial charge in [-0.1, -0.05) is 12.1 Å². The van der Waals surface area contributed by atoms with Crippen molar-refractivity contribution in [2.75, 3.05) is 14.2 Å². The van der Waals surface area contributed by atoms with Gasteiger partial charge in [0.25, 0.3) is 5.91 Å². The first-order valence-corrected chi connectivity index (χ1v) is 13.1. The van der Waals surface area contributed by atoms with E-state index < -0.39 is 93.9 Å². The number of primary amides is 1. The molecule has 222 valence electrons. The number of Topliss-reactive ketones (excluding diaryl/α,β-unsaturated/α-hetero) is 2. The normalized spacial score (nSPS) is 38.9. The van der Waals surface area contributed by atoms with Gasteiger partial charge < -0.3 is 50.6 Å². The van der Waals surface area contributed by atoms with Crippen LogP contribution < -0.4 is 5.73 Å². The standard InChI is InChI=1S/C28H33NO12/c1-9-19(31)14(30)8-15(41-9)10-5-6-11-16(20(10)32)22(34)17-12(27(11,2)39-3)7-13-21(33)23(35)18(26(29)38)25(37)28(13,40-4)24(17)36/h5-6,9,12-15,19,21,30-34,37H,7-8H2,1-4H3,(H2,29,38). The molecule has 1 amide bonds. The first-order chi connectivity index (χ1) is 19.2. The largest absolute Gasteiger partial charge is 0.508 e. The monoisotopic (exact) mass is 575 g/mol. The molecule has 2 fully saturated rings. The lowest BCUT2D eigenvalue weighted by molar-refractivity contribution is -0.172. The third-order valence-corrected chi connectivity index (χ3v) is 9.38. The summed E-state index contributed by atoms with van der Waals surface area (Å²) in [6.45, 7) is 3.17. The number of methoxy groups -OCH3 is 2. The Balaban J connectivity index is 1.75. The molecule has 13 nitrogen and oxygen atoms in total. The van der Waals surface area contributed by atoms with Gasteiger partial charge in [-0.3, -0.25) is 14.4 Å². The highest BCUT2D eigenvalue weighted by Gasteiger charge is 2.67. The van der Waals surface area contributed by atoms with E-state index in [1.165, 1.54) is 13.2 Å². The molecule has 8 N–H and O–H groups in total. The number of ether oxygens (including phenoxy) is 3. The number of carbonyl (C=O) groups excluding carboxylic acids is 3. The summed E-state index contributed by atoms with van der Waals surface area (Å²) in [6.07, 6.45) is -6.16. The minimum atomic E-state index is -2.45. The number of fused-ring (bicyclic) bond motifs is 3. The number of carbonyl (C=O) groups is 3. The molecule has 1 aromatic carbocycles. The summed E-state index contributed by atoms with van der Waals surface area (Å²) in [5.41, 5.74) is 0.421. The molecule has 9 atom stereocenters. The third-order valence-electron chi connectivity index (χ3n) is 9.38. The zero-order valence-electron chi connectivity index (χ0n) is 22.8. The van der Waals surface area contributed by atoms with E-state index in [0.29, 0.717) is 0 Å². The summed E-state index contributed by atoms with van der Waals surface area (Å²) in [6, 6.07) is 3.10. The van der Waals surface area contributed by atoms with E-state index in [1.54, 1.807) is 19.9 Å². The predicted octanol–water partition coefficient (Wildman–Crippen LogP) is -0.0604. The Morgan fingerprint density at radius 1 is 1.07 bits per heavy atom. The molecule has 1 saturated carbocycles. The van der Waals surface area contributed by atoms with Crippen LogP contribution in [0.3, 0.4) is 0 Å². The molecule has 1 heterocycles. The number of benzene rings is 1. The van der Waals surface area contributed by atoms with E-state index in [-0.39, 0.29) is 35.1 Å². The number of aliphatic hydroxyl groups excluding tert-OH is 5. The van der Waals surface area contributed by atoms with E-state index in [4.69, 9.17) is 19.9 Å². The fourth-order valence-corrected chi connectivity index (χ4v) is 7.05. The third kappa shape index (κ3) is 3.66. The second-order valence-electron chi connectivity index (χ2n) is 11.2. The zero-order chi connectivity index (χ0) is 30.3. The van der Waals surface area contributed by atoms with Gasteiger partial charge in [0, 0.05) is 43.6 Å². The van der Waals surface area contributed by atoms with Gasteiger partial charge in [-0.25, -0.2) is 0 Å². The van der Waals surface area contributed by atoms with Crippen LogP contribution in [0, 0.1) is 11.8 Å². The number of hydrogen-bond donors (Lipinski definition) is 7. The van der Waals surface area contributed by atoms with Gasteiger partial charge in [0.05, 0.1) is 29.5 Å². The molecular formula is C28H33NO12. The van der Waals surface area contributed by atoms with Crippen molar-refractivity contribution in [3.8, 4) is 5.75 Å². The van der Waals surface area contributed by atoms with Crippen LogP contribution in [-0.2, 0) is 34.2 Å². The molecule has 0 radical (unpaired) electrons. The van der Waals surface area contributed by atoms with Crippen molar-refractivity contribution in [2.45, 2.75) is 68.4 Å². The van der Waals surface area contributed by atoms with Crippen molar-refractivity contribution >= 4 is 23.2 Å². The van der Waals surface area contributed by atoms with Gasteiger partial charge in [-0.05, 0) is 25.8 Å². The van der Waals surface area contributed by atoms with Crippen LogP contribution in [0.25, 0.3) is 5.76 Å². The highest BCUT2D eigenvalue weighted by atomic mass is 16.5. The molecule has 13 heteroatoms. The first-order valence-electron chi connectivity index (χ1n) is 13.1. The lowest BCUT2D eigenvalue weighted by Crippen LogP contribution is -2.65. The number of rotatable bonds is 4. The van der Waals surface area contributed by atoms with E-state index >= 15 is 0 Å². The number of aliphatic hydroxyl groups is 5. The van der Waals surface area contributed by atoms with Crippen molar-refractivity contribution < 1.29 is 59.2 Å². The second-order valence-corrected chi connectivity index (χ2v) is 11.2. The number of nitrogens with two attached hydrogens (primary N) is 1. The fourth-order valence-electron chi connectivity index (χ4n) is 7.05. The molecule has 1 aliphatic heterocycles. The minimum Gasteiger partial charge on any atom is -0.508 e. The molecule has 1 aromatic rings. The molecule has 1 saturated heterocycles. The number of aromatic hydroxyl groups is 1. The van der Waals surface area contributed by atoms with Crippen molar-refractivity contribution in [1.29, 1.82) is 0 Å². The predicted molar refractivity (Wildman–Crippen MR) is 138 cm³/mol. The van der Waals surface area contributed by atoms with Crippen LogP contribution in [0.2, 0.25) is 0 Å². The summed E-state index contributed by atoms with van der Waals surface area (Å²) in [4.78, 5) is 39.2. The van der Waals surface area contributed by atoms with Gasteiger partial charge >= 0.3 is 0 Å². The molecule has 41 heavy (non-hydrogen) atoms. The fraction of sp³-hybridized carbons (Fsp3) is 0.536. The van der Waals surface area contributed by atoms with Crippen LogP contribution in [0.4, 0.5) is 0 Å². The Morgan fingerprint density at radius 2 is 1.73 bits per heavy atom. The summed E-state index contributed by atoms with van der Waals surface area (Å²) in [5.74, 6) is -8.18. The molecule has 0 aromatic heterocycles. The summed E-state index contributed by atoms with van der Waals surface area (Å²) < 4.78 is 17.2. The second kappa shape index (κ2) is 9.61. The molecule has 9 unspecified atom stereocenters. The Hall–Kier alpha value is -3.33. The zero-order valence-corrected chi connectivity index (χ0v) is 22.8. The summed E-state index contributed by atoms with van der Waals surface area (Å²) in [7, 11) is 2.40. The number of ketones is 2. The van der Waals surface area contributed by atoms with Gasteiger partial charge in [-0.15, -0.1) is 0 Å². The van der Waals surface area contributed by atoms with Gasteiger partial charge in [0.2, 0.25) is 11.6 Å². The summed E-state index contributed by atoms with van der Waals surface area (Å²) in [5, 5.41) is 65.5. The van der Waals surface area contributed by atoms with Crippen molar-refractivity contribution in [2.24, 2.45) is 17.6 Å². The molecule has 0 bridgehead atoms. The molecule has 0 spiro atoms. The lowest BCUT2D eigenvalue weighted by atomic mass is 9.55. The molecule has 5 rings (SSSR count). The van der Waals surface area contributed by atoms with E-state index in [2.05, 4.69) is 0 Å². The minimum absolute atomic E-state index is 0.0623. The Kier molecular flexibility index (Phi) is 6.84. The van der Waals surface area contributed by atoms with Crippen LogP contribution in [0.15, 0.2) is 29.0 Å². The van der Waals surface area contributed by atoms with Crippen molar-refractivity contribution in [3.05, 3.63) is 45.7 Å². The highest BCUT2D eigenvalue weighted by Crippen LogP contribution is 2.59. The number of phenolic OH excluding ortho intramolecular Hbond substituents is 1. The topological polar surface area (TPSA) is 226 Å². The van der Waals surface area contributed by atoms with Crippen LogP contribution in [-0.4, -0.2) is 92.3 Å². The summed E-state index contributed by atoms with van der Waals surface area (Å²) >= 11 is 0. The first kappa shape index (κ1) is 29.2. The number of phenols is 1. The number of amides is 1. The maximum Gasteiger partial charge on any atom is 0.255 e. The van der Waals surface area contributed by atoms with Crippen molar-refractivity contribution in [3.63, 3.8) is 0 Å². The van der Waals surface area contributed by atoms with Gasteiger partial charge in [0.15, 0.2) is 5.60 Å². The smallest absolute Gasteiger partial charge is 0.255 e. The lowest BCUT2D eigenvalue weighted by Gasteiger charge is -2.53. The van der Waals surface area contributed by atoms with Gasteiger partial charge in [-0.2, -0.15) is 0 Å².